The molecule has 2 aromatic heterocycles. The Morgan fingerprint density at radius 3 is 2.86 bits per heavy atom. The van der Waals surface area contributed by atoms with Gasteiger partial charge in [0.25, 0.3) is 5.91 Å². The second-order valence-corrected chi connectivity index (χ2v) is 6.64. The Morgan fingerprint density at radius 2 is 2.07 bits per heavy atom. The lowest BCUT2D eigenvalue weighted by Crippen LogP contribution is -2.43. The minimum atomic E-state index is -0.231. The number of hydrogen-bond donors (Lipinski definition) is 0. The monoisotopic (exact) mass is 378 g/mol. The molecule has 0 unspecified atom stereocenters. The Kier molecular flexibility index (Phi) is 4.97. The number of pyridine rings is 1. The number of anilines is 1. The molecule has 144 valence electrons. The van der Waals surface area contributed by atoms with Crippen molar-refractivity contribution in [3.05, 3.63) is 60.6 Å². The van der Waals surface area contributed by atoms with Crippen molar-refractivity contribution in [2.24, 2.45) is 0 Å². The zero-order valence-corrected chi connectivity index (χ0v) is 15.9. The van der Waals surface area contributed by atoms with Gasteiger partial charge < -0.3 is 9.47 Å². The Balaban J connectivity index is 1.73. The molecule has 4 rings (SSSR count). The first-order valence-corrected chi connectivity index (χ1v) is 9.38. The summed E-state index contributed by atoms with van der Waals surface area (Å²) < 4.78 is 13.3. The van der Waals surface area contributed by atoms with Crippen LogP contribution in [0.15, 0.2) is 54.9 Å². The van der Waals surface area contributed by atoms with E-state index in [4.69, 9.17) is 9.47 Å². The molecule has 1 aliphatic rings. The van der Waals surface area contributed by atoms with Gasteiger partial charge in [-0.3, -0.25) is 9.69 Å². The molecule has 0 fully saturated rings. The van der Waals surface area contributed by atoms with E-state index < -0.39 is 0 Å². The quantitative estimate of drug-likeness (QED) is 0.680. The maximum Gasteiger partial charge on any atom is 0.282 e. The number of nitrogens with zero attached hydrogens (tertiary/aromatic N) is 4. The third-order valence-corrected chi connectivity index (χ3v) is 4.41. The fourth-order valence-electron chi connectivity index (χ4n) is 3.12. The standard InChI is InChI=1S/C21H22N4O3/c1-3-12-27-18-14-25(16-8-5-4-6-9-16)23-19(18)21(26)24-13-15(2)28-20-17(24)10-7-11-22-20/h4-11,14-15H,3,12-13H2,1-2H3/t15-/m0/s1. The SMILES string of the molecule is CCCOc1cn(-c2ccccc2)nc1C(=O)N1C[C@H](C)Oc2ncccc21. The summed E-state index contributed by atoms with van der Waals surface area (Å²) in [7, 11) is 0. The van der Waals surface area contributed by atoms with Crippen molar-refractivity contribution in [3.63, 3.8) is 0 Å². The molecular weight excluding hydrogens is 356 g/mol. The molecule has 0 N–H and O–H groups in total. The van der Waals surface area contributed by atoms with Gasteiger partial charge in [0.05, 0.1) is 25.0 Å². The number of amides is 1. The fourth-order valence-corrected chi connectivity index (χ4v) is 3.12. The number of fused-ring (bicyclic) bond motifs is 1. The lowest BCUT2D eigenvalue weighted by atomic mass is 10.2. The van der Waals surface area contributed by atoms with Crippen LogP contribution in [0.1, 0.15) is 30.8 Å². The van der Waals surface area contributed by atoms with Crippen LogP contribution in [0, 0.1) is 0 Å². The number of para-hydroxylation sites is 1. The molecule has 7 heteroatoms. The summed E-state index contributed by atoms with van der Waals surface area (Å²) in [4.78, 5) is 19.3. The van der Waals surface area contributed by atoms with Gasteiger partial charge in [0.1, 0.15) is 11.8 Å². The predicted octanol–water partition coefficient (Wildman–Crippen LogP) is 3.48. The van der Waals surface area contributed by atoms with Crippen LogP contribution in [-0.2, 0) is 0 Å². The lowest BCUT2D eigenvalue weighted by molar-refractivity contribution is 0.0949. The smallest absolute Gasteiger partial charge is 0.282 e. The van der Waals surface area contributed by atoms with E-state index in [-0.39, 0.29) is 17.7 Å². The number of aromatic nitrogens is 3. The topological polar surface area (TPSA) is 69.5 Å². The van der Waals surface area contributed by atoms with Crippen LogP contribution in [0.25, 0.3) is 5.69 Å². The number of rotatable bonds is 5. The van der Waals surface area contributed by atoms with Gasteiger partial charge in [0, 0.05) is 6.20 Å². The summed E-state index contributed by atoms with van der Waals surface area (Å²) >= 11 is 0. The second-order valence-electron chi connectivity index (χ2n) is 6.64. The van der Waals surface area contributed by atoms with Gasteiger partial charge in [-0.25, -0.2) is 9.67 Å². The molecule has 1 aliphatic heterocycles. The normalized spacial score (nSPS) is 15.6. The highest BCUT2D eigenvalue weighted by Crippen LogP contribution is 2.33. The van der Waals surface area contributed by atoms with Gasteiger partial charge in [-0.2, -0.15) is 5.10 Å². The molecule has 0 aliphatic carbocycles. The van der Waals surface area contributed by atoms with E-state index in [1.165, 1.54) is 0 Å². The first-order chi connectivity index (χ1) is 13.7. The van der Waals surface area contributed by atoms with Crippen molar-refractivity contribution >= 4 is 11.6 Å². The Morgan fingerprint density at radius 1 is 1.25 bits per heavy atom. The fraction of sp³-hybridized carbons (Fsp3) is 0.286. The number of ether oxygens (including phenoxy) is 2. The Labute approximate surface area is 163 Å². The summed E-state index contributed by atoms with van der Waals surface area (Å²) in [6.07, 6.45) is 4.08. The molecule has 0 bridgehead atoms. The predicted molar refractivity (Wildman–Crippen MR) is 105 cm³/mol. The molecule has 1 amide bonds. The van der Waals surface area contributed by atoms with Gasteiger partial charge in [0.15, 0.2) is 11.4 Å². The van der Waals surface area contributed by atoms with Gasteiger partial charge >= 0.3 is 0 Å². The van der Waals surface area contributed by atoms with E-state index in [1.54, 1.807) is 28.0 Å². The molecule has 1 aromatic carbocycles. The van der Waals surface area contributed by atoms with E-state index in [2.05, 4.69) is 10.1 Å². The van der Waals surface area contributed by atoms with Gasteiger partial charge in [-0.1, -0.05) is 25.1 Å². The molecule has 0 spiro atoms. The van der Waals surface area contributed by atoms with Crippen LogP contribution in [0.4, 0.5) is 5.69 Å². The summed E-state index contributed by atoms with van der Waals surface area (Å²) in [5, 5.41) is 4.55. The van der Waals surface area contributed by atoms with Crippen molar-refractivity contribution < 1.29 is 14.3 Å². The van der Waals surface area contributed by atoms with E-state index in [0.29, 0.717) is 30.5 Å². The summed E-state index contributed by atoms with van der Waals surface area (Å²) in [6, 6.07) is 13.3. The zero-order valence-electron chi connectivity index (χ0n) is 15.9. The largest absolute Gasteiger partial charge is 0.489 e. The molecule has 7 nitrogen and oxygen atoms in total. The van der Waals surface area contributed by atoms with Crippen LogP contribution in [0.2, 0.25) is 0 Å². The molecule has 0 saturated heterocycles. The third-order valence-electron chi connectivity index (χ3n) is 4.41. The molecule has 3 aromatic rings. The molecule has 0 radical (unpaired) electrons. The second kappa shape index (κ2) is 7.72. The molecule has 3 heterocycles. The molecular formula is C21H22N4O3. The average Bonchev–Trinajstić information content (AvgIpc) is 3.16. The van der Waals surface area contributed by atoms with Crippen molar-refractivity contribution in [3.8, 4) is 17.3 Å². The number of hydrogen-bond acceptors (Lipinski definition) is 5. The Hall–Kier alpha value is -3.35. The first kappa shape index (κ1) is 18.0. The highest BCUT2D eigenvalue weighted by atomic mass is 16.5. The number of carbonyl (C=O) groups is 1. The third kappa shape index (κ3) is 3.43. The maximum absolute atomic E-state index is 13.4. The van der Waals surface area contributed by atoms with E-state index in [1.807, 2.05) is 50.2 Å². The minimum absolute atomic E-state index is 0.164. The summed E-state index contributed by atoms with van der Waals surface area (Å²) in [6.45, 7) is 4.87. The first-order valence-electron chi connectivity index (χ1n) is 9.38. The van der Waals surface area contributed by atoms with E-state index in [0.717, 1.165) is 12.1 Å². The van der Waals surface area contributed by atoms with E-state index in [9.17, 15) is 4.79 Å². The summed E-state index contributed by atoms with van der Waals surface area (Å²) in [5.41, 5.74) is 1.78. The van der Waals surface area contributed by atoms with Crippen molar-refractivity contribution in [1.29, 1.82) is 0 Å². The number of benzene rings is 1. The van der Waals surface area contributed by atoms with Crippen molar-refractivity contribution in [2.45, 2.75) is 26.4 Å². The van der Waals surface area contributed by atoms with E-state index >= 15 is 0 Å². The molecule has 0 saturated carbocycles. The lowest BCUT2D eigenvalue weighted by Gasteiger charge is -2.32. The van der Waals surface area contributed by atoms with Crippen molar-refractivity contribution in [2.75, 3.05) is 18.1 Å². The van der Waals surface area contributed by atoms with Crippen LogP contribution in [0.5, 0.6) is 11.6 Å². The maximum atomic E-state index is 13.4. The molecule has 1 atom stereocenters. The summed E-state index contributed by atoms with van der Waals surface area (Å²) in [5.74, 6) is 0.693. The van der Waals surface area contributed by atoms with Crippen LogP contribution in [-0.4, -0.2) is 39.9 Å². The highest BCUT2D eigenvalue weighted by Gasteiger charge is 2.32. The minimum Gasteiger partial charge on any atom is -0.489 e. The zero-order chi connectivity index (χ0) is 19.5. The van der Waals surface area contributed by atoms with Gasteiger partial charge in [-0.05, 0) is 37.6 Å². The van der Waals surface area contributed by atoms with Crippen LogP contribution >= 0.6 is 0 Å². The number of carbonyl (C=O) groups excluding carboxylic acids is 1. The molecule has 28 heavy (non-hydrogen) atoms. The van der Waals surface area contributed by atoms with Crippen molar-refractivity contribution in [1.82, 2.24) is 14.8 Å². The highest BCUT2D eigenvalue weighted by molar-refractivity contribution is 6.07. The van der Waals surface area contributed by atoms with Gasteiger partial charge in [0.2, 0.25) is 5.88 Å². The average molecular weight is 378 g/mol. The van der Waals surface area contributed by atoms with Crippen LogP contribution < -0.4 is 14.4 Å². The van der Waals surface area contributed by atoms with Crippen LogP contribution in [0.3, 0.4) is 0 Å². The Bertz CT molecular complexity index is 971. The van der Waals surface area contributed by atoms with Gasteiger partial charge in [-0.15, -0.1) is 0 Å².